The van der Waals surface area contributed by atoms with Gasteiger partial charge >= 0.3 is 0 Å². The summed E-state index contributed by atoms with van der Waals surface area (Å²) in [4.78, 5) is 10.9. The SMILES string of the molecule is CCCC/C(CC)=N\N=C1/NC(=O)CS1. The second kappa shape index (κ2) is 6.61. The maximum atomic E-state index is 10.9. The van der Waals surface area contributed by atoms with E-state index in [1.807, 2.05) is 0 Å². The first-order chi connectivity index (χ1) is 7.26. The van der Waals surface area contributed by atoms with Crippen LogP contribution in [0, 0.1) is 0 Å². The fraction of sp³-hybridized carbons (Fsp3) is 0.700. The van der Waals surface area contributed by atoms with Crippen LogP contribution in [0.2, 0.25) is 0 Å². The van der Waals surface area contributed by atoms with E-state index in [9.17, 15) is 4.79 Å². The minimum absolute atomic E-state index is 0.0144. The van der Waals surface area contributed by atoms with Crippen LogP contribution in [0.4, 0.5) is 0 Å². The molecule has 0 bridgehead atoms. The summed E-state index contributed by atoms with van der Waals surface area (Å²) in [5, 5.41) is 11.5. The number of rotatable bonds is 5. The van der Waals surface area contributed by atoms with Crippen LogP contribution in [-0.2, 0) is 4.79 Å². The molecular weight excluding hydrogens is 210 g/mol. The van der Waals surface area contributed by atoms with E-state index in [-0.39, 0.29) is 5.91 Å². The van der Waals surface area contributed by atoms with Crippen LogP contribution in [-0.4, -0.2) is 22.5 Å². The van der Waals surface area contributed by atoms with Crippen molar-refractivity contribution in [2.24, 2.45) is 10.2 Å². The monoisotopic (exact) mass is 227 g/mol. The topological polar surface area (TPSA) is 53.8 Å². The molecule has 15 heavy (non-hydrogen) atoms. The Labute approximate surface area is 94.6 Å². The van der Waals surface area contributed by atoms with Gasteiger partial charge in [0.15, 0.2) is 5.17 Å². The van der Waals surface area contributed by atoms with E-state index in [1.165, 1.54) is 18.2 Å². The molecule has 1 aliphatic heterocycles. The molecule has 4 nitrogen and oxygen atoms in total. The fourth-order valence-corrected chi connectivity index (χ4v) is 1.80. The van der Waals surface area contributed by atoms with Crippen LogP contribution in [0.25, 0.3) is 0 Å². The molecule has 1 rings (SSSR count). The fourth-order valence-electron chi connectivity index (χ4n) is 1.17. The van der Waals surface area contributed by atoms with Gasteiger partial charge in [-0.2, -0.15) is 5.10 Å². The van der Waals surface area contributed by atoms with Crippen molar-refractivity contribution in [1.29, 1.82) is 0 Å². The average molecular weight is 227 g/mol. The Hall–Kier alpha value is -0.840. The van der Waals surface area contributed by atoms with E-state index in [0.717, 1.165) is 25.0 Å². The summed E-state index contributed by atoms with van der Waals surface area (Å²) in [5.74, 6) is 0.477. The molecule has 1 aliphatic rings. The summed E-state index contributed by atoms with van der Waals surface area (Å²) in [6.07, 6.45) is 4.25. The second-order valence-corrected chi connectivity index (χ2v) is 4.33. The second-order valence-electron chi connectivity index (χ2n) is 3.37. The molecule has 5 heteroatoms. The molecule has 1 heterocycles. The highest BCUT2D eigenvalue weighted by atomic mass is 32.2. The standard InChI is InChI=1S/C10H17N3OS/c1-3-5-6-8(4-2)12-13-10-11-9(14)7-15-10/h3-7H2,1-2H3,(H,11,13,14)/b12-8-. The normalized spacial score (nSPS) is 19.7. The molecule has 0 saturated carbocycles. The number of thioether (sulfide) groups is 1. The zero-order valence-corrected chi connectivity index (χ0v) is 10.1. The summed E-state index contributed by atoms with van der Waals surface area (Å²) in [7, 11) is 0. The number of nitrogens with one attached hydrogen (secondary N) is 1. The average Bonchev–Trinajstić information content (AvgIpc) is 2.65. The third-order valence-corrected chi connectivity index (χ3v) is 2.96. The van der Waals surface area contributed by atoms with Gasteiger partial charge in [0.05, 0.1) is 5.75 Å². The Morgan fingerprint density at radius 3 is 2.87 bits per heavy atom. The number of amides is 1. The van der Waals surface area contributed by atoms with E-state index in [2.05, 4.69) is 29.4 Å². The van der Waals surface area contributed by atoms with Gasteiger partial charge in [0.25, 0.3) is 0 Å². The molecule has 84 valence electrons. The number of amidine groups is 1. The van der Waals surface area contributed by atoms with Gasteiger partial charge in [-0.15, -0.1) is 5.10 Å². The third kappa shape index (κ3) is 4.46. The Bertz CT molecular complexity index is 286. The van der Waals surface area contributed by atoms with Crippen molar-refractivity contribution in [2.45, 2.75) is 39.5 Å². The first-order valence-corrected chi connectivity index (χ1v) is 6.30. The molecule has 0 aromatic heterocycles. The van der Waals surface area contributed by atoms with Crippen molar-refractivity contribution < 1.29 is 4.79 Å². The van der Waals surface area contributed by atoms with Crippen LogP contribution >= 0.6 is 11.8 Å². The molecule has 0 spiro atoms. The van der Waals surface area contributed by atoms with Crippen LogP contribution in [0.15, 0.2) is 10.2 Å². The molecule has 0 aliphatic carbocycles. The minimum Gasteiger partial charge on any atom is -0.303 e. The summed E-state index contributed by atoms with van der Waals surface area (Å²) in [5.41, 5.74) is 1.10. The number of hydrogen-bond acceptors (Lipinski definition) is 4. The Kier molecular flexibility index (Phi) is 5.39. The van der Waals surface area contributed by atoms with Crippen molar-refractivity contribution in [2.75, 3.05) is 5.75 Å². The van der Waals surface area contributed by atoms with Crippen LogP contribution in [0.1, 0.15) is 39.5 Å². The molecule has 1 fully saturated rings. The van der Waals surface area contributed by atoms with Gasteiger partial charge in [0, 0.05) is 5.71 Å². The maximum Gasteiger partial charge on any atom is 0.236 e. The number of nitrogens with zero attached hydrogens (tertiary/aromatic N) is 2. The Morgan fingerprint density at radius 1 is 1.53 bits per heavy atom. The lowest BCUT2D eigenvalue weighted by Crippen LogP contribution is -2.19. The van der Waals surface area contributed by atoms with Gasteiger partial charge in [-0.05, 0) is 19.3 Å². The minimum atomic E-state index is 0.0144. The Balaban J connectivity index is 2.48. The van der Waals surface area contributed by atoms with Crippen LogP contribution < -0.4 is 5.32 Å². The predicted molar refractivity (Wildman–Crippen MR) is 65.3 cm³/mol. The highest BCUT2D eigenvalue weighted by Gasteiger charge is 2.16. The van der Waals surface area contributed by atoms with Crippen molar-refractivity contribution in [3.63, 3.8) is 0 Å². The van der Waals surface area contributed by atoms with Crippen LogP contribution in [0.5, 0.6) is 0 Å². The molecule has 0 unspecified atom stereocenters. The van der Waals surface area contributed by atoms with Gasteiger partial charge < -0.3 is 5.32 Å². The lowest BCUT2D eigenvalue weighted by atomic mass is 10.1. The quantitative estimate of drug-likeness (QED) is 0.578. The molecule has 1 saturated heterocycles. The molecule has 1 N–H and O–H groups in total. The van der Waals surface area contributed by atoms with Gasteiger partial charge in [-0.3, -0.25) is 4.79 Å². The molecule has 0 radical (unpaired) electrons. The summed E-state index contributed by atoms with van der Waals surface area (Å²) >= 11 is 1.41. The molecule has 0 aromatic carbocycles. The first-order valence-electron chi connectivity index (χ1n) is 5.32. The van der Waals surface area contributed by atoms with E-state index < -0.39 is 0 Å². The van der Waals surface area contributed by atoms with E-state index in [4.69, 9.17) is 0 Å². The smallest absolute Gasteiger partial charge is 0.236 e. The zero-order valence-electron chi connectivity index (χ0n) is 9.25. The largest absolute Gasteiger partial charge is 0.303 e. The summed E-state index contributed by atoms with van der Waals surface area (Å²) in [6, 6.07) is 0. The number of hydrogen-bond donors (Lipinski definition) is 1. The summed E-state index contributed by atoms with van der Waals surface area (Å²) < 4.78 is 0. The van der Waals surface area contributed by atoms with Gasteiger partial charge in [-0.1, -0.05) is 32.0 Å². The van der Waals surface area contributed by atoms with Crippen molar-refractivity contribution in [3.8, 4) is 0 Å². The van der Waals surface area contributed by atoms with Crippen molar-refractivity contribution in [3.05, 3.63) is 0 Å². The lowest BCUT2D eigenvalue weighted by Gasteiger charge is -1.99. The summed E-state index contributed by atoms with van der Waals surface area (Å²) in [6.45, 7) is 4.24. The van der Waals surface area contributed by atoms with E-state index in [1.54, 1.807) is 0 Å². The maximum absolute atomic E-state index is 10.9. The van der Waals surface area contributed by atoms with Crippen LogP contribution in [0.3, 0.4) is 0 Å². The zero-order chi connectivity index (χ0) is 11.1. The lowest BCUT2D eigenvalue weighted by molar-refractivity contribution is -0.116. The van der Waals surface area contributed by atoms with Gasteiger partial charge in [0.2, 0.25) is 5.91 Å². The molecule has 0 atom stereocenters. The molecule has 0 aromatic rings. The van der Waals surface area contributed by atoms with Crippen molar-refractivity contribution >= 4 is 28.5 Å². The van der Waals surface area contributed by atoms with Gasteiger partial charge in [0.1, 0.15) is 0 Å². The molecule has 1 amide bonds. The van der Waals surface area contributed by atoms with E-state index >= 15 is 0 Å². The number of unbranched alkanes of at least 4 members (excludes halogenated alkanes) is 1. The highest BCUT2D eigenvalue weighted by molar-refractivity contribution is 8.15. The van der Waals surface area contributed by atoms with Crippen molar-refractivity contribution in [1.82, 2.24) is 5.32 Å². The third-order valence-electron chi connectivity index (χ3n) is 2.10. The Morgan fingerprint density at radius 2 is 2.33 bits per heavy atom. The first kappa shape index (κ1) is 12.2. The number of carbonyl (C=O) groups excluding carboxylic acids is 1. The number of carbonyl (C=O) groups is 1. The molecular formula is C10H17N3OS. The van der Waals surface area contributed by atoms with Gasteiger partial charge in [-0.25, -0.2) is 0 Å². The van der Waals surface area contributed by atoms with E-state index in [0.29, 0.717) is 10.9 Å². The highest BCUT2D eigenvalue weighted by Crippen LogP contribution is 2.09. The predicted octanol–water partition coefficient (Wildman–Crippen LogP) is 2.16.